The molecule has 0 saturated carbocycles. The molecule has 2 aromatic rings. The van der Waals surface area contributed by atoms with Crippen LogP contribution in [0.4, 0.5) is 4.79 Å². The second-order valence-electron chi connectivity index (χ2n) is 12.8. The molecule has 12 heteroatoms. The third kappa shape index (κ3) is 8.80. The number of carbonyl (C=O) groups is 3. The van der Waals surface area contributed by atoms with Gasteiger partial charge in [-0.25, -0.2) is 18.0 Å². The average Bonchev–Trinajstić information content (AvgIpc) is 3.48. The molecule has 44 heavy (non-hydrogen) atoms. The van der Waals surface area contributed by atoms with E-state index in [9.17, 15) is 22.8 Å². The van der Waals surface area contributed by atoms with Gasteiger partial charge in [0.15, 0.2) is 0 Å². The zero-order valence-electron chi connectivity index (χ0n) is 26.2. The number of carbonyl (C=O) groups excluding carboxylic acids is 3. The summed E-state index contributed by atoms with van der Waals surface area (Å²) in [4.78, 5) is 43.3. The Morgan fingerprint density at radius 3 is 2.20 bits per heavy atom. The van der Waals surface area contributed by atoms with Crippen molar-refractivity contribution in [1.82, 2.24) is 19.4 Å². The van der Waals surface area contributed by atoms with Crippen molar-refractivity contribution in [2.45, 2.75) is 63.9 Å². The molecule has 2 amide bonds. The van der Waals surface area contributed by atoms with E-state index >= 15 is 0 Å². The van der Waals surface area contributed by atoms with E-state index in [0.29, 0.717) is 37.2 Å². The van der Waals surface area contributed by atoms with E-state index in [2.05, 4.69) is 10.2 Å². The SMILES string of the molecule is Cc1ccc(S(=O)(=O)N2CCC[C@H]2C(=O)N[C@@H](Cc2ccc(OC(=O)N3CCN(C)CC3)cc2)C(=O)OCC(C)(C)C)cc1. The van der Waals surface area contributed by atoms with Crippen LogP contribution in [0.25, 0.3) is 0 Å². The molecule has 11 nitrogen and oxygen atoms in total. The molecule has 1 N–H and O–H groups in total. The molecular formula is C32H44N4O7S. The lowest BCUT2D eigenvalue weighted by molar-refractivity contribution is -0.150. The summed E-state index contributed by atoms with van der Waals surface area (Å²) >= 11 is 0. The van der Waals surface area contributed by atoms with Gasteiger partial charge in [-0.3, -0.25) is 4.79 Å². The van der Waals surface area contributed by atoms with Gasteiger partial charge in [0.25, 0.3) is 0 Å². The highest BCUT2D eigenvalue weighted by atomic mass is 32.2. The second-order valence-corrected chi connectivity index (χ2v) is 14.7. The maximum atomic E-state index is 13.5. The van der Waals surface area contributed by atoms with Crippen molar-refractivity contribution in [1.29, 1.82) is 0 Å². The molecule has 2 aliphatic heterocycles. The van der Waals surface area contributed by atoms with Gasteiger partial charge in [-0.1, -0.05) is 50.6 Å². The molecule has 2 aromatic carbocycles. The maximum absolute atomic E-state index is 13.5. The maximum Gasteiger partial charge on any atom is 0.415 e. The number of rotatable bonds is 9. The highest BCUT2D eigenvalue weighted by Crippen LogP contribution is 2.27. The van der Waals surface area contributed by atoms with Gasteiger partial charge >= 0.3 is 12.1 Å². The lowest BCUT2D eigenvalue weighted by Gasteiger charge is -2.31. The number of likely N-dealkylation sites (N-methyl/N-ethyl adjacent to an activating group) is 1. The number of hydrogen-bond donors (Lipinski definition) is 1. The largest absolute Gasteiger partial charge is 0.464 e. The Morgan fingerprint density at radius 2 is 1.59 bits per heavy atom. The number of sulfonamides is 1. The zero-order valence-corrected chi connectivity index (χ0v) is 27.1. The first kappa shape index (κ1) is 33.4. The Balaban J connectivity index is 1.46. The third-order valence-electron chi connectivity index (χ3n) is 7.71. The number of nitrogens with one attached hydrogen (secondary N) is 1. The topological polar surface area (TPSA) is 126 Å². The highest BCUT2D eigenvalue weighted by molar-refractivity contribution is 7.89. The van der Waals surface area contributed by atoms with Gasteiger partial charge in [0.1, 0.15) is 17.8 Å². The fourth-order valence-electron chi connectivity index (χ4n) is 5.07. The van der Waals surface area contributed by atoms with Crippen molar-refractivity contribution < 1.29 is 32.3 Å². The summed E-state index contributed by atoms with van der Waals surface area (Å²) in [6.45, 7) is 10.8. The zero-order chi connectivity index (χ0) is 32.1. The third-order valence-corrected chi connectivity index (χ3v) is 9.63. The lowest BCUT2D eigenvalue weighted by Crippen LogP contribution is -2.52. The molecule has 0 aliphatic carbocycles. The summed E-state index contributed by atoms with van der Waals surface area (Å²) in [5.41, 5.74) is 1.35. The van der Waals surface area contributed by atoms with E-state index in [1.807, 2.05) is 34.7 Å². The van der Waals surface area contributed by atoms with Crippen molar-refractivity contribution in [3.63, 3.8) is 0 Å². The number of aryl methyl sites for hydroxylation is 1. The van der Waals surface area contributed by atoms with Gasteiger partial charge < -0.3 is 24.6 Å². The number of nitrogens with zero attached hydrogens (tertiary/aromatic N) is 3. The Hall–Kier alpha value is -3.48. The number of hydrogen-bond acceptors (Lipinski definition) is 8. The Bertz CT molecular complexity index is 1410. The van der Waals surface area contributed by atoms with Gasteiger partial charge in [0.2, 0.25) is 15.9 Å². The van der Waals surface area contributed by atoms with Gasteiger partial charge in [-0.05, 0) is 62.1 Å². The van der Waals surface area contributed by atoms with Crippen LogP contribution < -0.4 is 10.1 Å². The van der Waals surface area contributed by atoms with E-state index in [-0.39, 0.29) is 29.9 Å². The predicted octanol–water partition coefficient (Wildman–Crippen LogP) is 3.21. The van der Waals surface area contributed by atoms with E-state index in [1.54, 1.807) is 41.3 Å². The minimum atomic E-state index is -3.91. The summed E-state index contributed by atoms with van der Waals surface area (Å²) in [6, 6.07) is 11.3. The van der Waals surface area contributed by atoms with Crippen molar-refractivity contribution in [3.05, 3.63) is 59.7 Å². The summed E-state index contributed by atoms with van der Waals surface area (Å²) in [5, 5.41) is 2.78. The summed E-state index contributed by atoms with van der Waals surface area (Å²) < 4.78 is 39.2. The molecular weight excluding hydrogens is 584 g/mol. The van der Waals surface area contributed by atoms with Crippen molar-refractivity contribution in [2.75, 3.05) is 46.4 Å². The van der Waals surface area contributed by atoms with Crippen LogP contribution in [0.15, 0.2) is 53.4 Å². The Morgan fingerprint density at radius 1 is 0.955 bits per heavy atom. The molecule has 0 spiro atoms. The van der Waals surface area contributed by atoms with Crippen LogP contribution in [0.1, 0.15) is 44.7 Å². The van der Waals surface area contributed by atoms with Crippen LogP contribution in [-0.4, -0.2) is 99.0 Å². The van der Waals surface area contributed by atoms with E-state index in [0.717, 1.165) is 18.7 Å². The number of amides is 2. The number of piperazine rings is 1. The standard InChI is InChI=1S/C32H44N4O7S/c1-23-8-14-26(15-9-23)44(40,41)36-16-6-7-28(36)29(37)33-27(30(38)42-22-32(2,3)4)21-24-10-12-25(13-11-24)43-31(39)35-19-17-34(5)18-20-35/h8-15,27-28H,6-7,16-22H2,1-5H3,(H,33,37)/t27-,28-/m0/s1. The van der Waals surface area contributed by atoms with Gasteiger partial charge in [-0.2, -0.15) is 4.31 Å². The van der Waals surface area contributed by atoms with Crippen LogP contribution in [-0.2, 0) is 30.8 Å². The van der Waals surface area contributed by atoms with Gasteiger partial charge in [0.05, 0.1) is 11.5 Å². The molecule has 2 fully saturated rings. The van der Waals surface area contributed by atoms with Crippen molar-refractivity contribution in [3.8, 4) is 5.75 Å². The normalized spacial score (nSPS) is 18.9. The van der Waals surface area contributed by atoms with Gasteiger partial charge in [0, 0.05) is 39.1 Å². The summed E-state index contributed by atoms with van der Waals surface area (Å²) in [6.07, 6.45) is 0.562. The van der Waals surface area contributed by atoms with Crippen LogP contribution >= 0.6 is 0 Å². The quantitative estimate of drug-likeness (QED) is 0.420. The number of esters is 1. The fourth-order valence-corrected chi connectivity index (χ4v) is 6.73. The van der Waals surface area contributed by atoms with Crippen molar-refractivity contribution in [2.24, 2.45) is 5.41 Å². The minimum absolute atomic E-state index is 0.110. The van der Waals surface area contributed by atoms with E-state index < -0.39 is 40.1 Å². The molecule has 2 saturated heterocycles. The van der Waals surface area contributed by atoms with Crippen LogP contribution in [0.3, 0.4) is 0 Å². The monoisotopic (exact) mass is 628 g/mol. The first-order chi connectivity index (χ1) is 20.7. The number of ether oxygens (including phenoxy) is 2. The minimum Gasteiger partial charge on any atom is -0.464 e. The van der Waals surface area contributed by atoms with Crippen LogP contribution in [0.5, 0.6) is 5.75 Å². The molecule has 4 rings (SSSR count). The molecule has 240 valence electrons. The summed E-state index contributed by atoms with van der Waals surface area (Å²) in [5.74, 6) is -0.783. The molecule has 2 aliphatic rings. The highest BCUT2D eigenvalue weighted by Gasteiger charge is 2.40. The lowest BCUT2D eigenvalue weighted by atomic mass is 9.98. The van der Waals surface area contributed by atoms with E-state index in [4.69, 9.17) is 9.47 Å². The first-order valence-electron chi connectivity index (χ1n) is 15.0. The van der Waals surface area contributed by atoms with E-state index in [1.165, 1.54) is 16.4 Å². The molecule has 0 radical (unpaired) electrons. The van der Waals surface area contributed by atoms with Crippen molar-refractivity contribution >= 4 is 28.0 Å². The van der Waals surface area contributed by atoms with Crippen LogP contribution in [0.2, 0.25) is 0 Å². The fraction of sp³-hybridized carbons (Fsp3) is 0.531. The summed E-state index contributed by atoms with van der Waals surface area (Å²) in [7, 11) is -1.90. The number of benzene rings is 2. The Kier molecular flexibility index (Phi) is 10.7. The molecule has 0 unspecified atom stereocenters. The molecule has 2 atom stereocenters. The molecule has 2 heterocycles. The first-order valence-corrected chi connectivity index (χ1v) is 16.5. The smallest absolute Gasteiger partial charge is 0.415 e. The Labute approximate surface area is 260 Å². The second kappa shape index (κ2) is 14.1. The van der Waals surface area contributed by atoms with Crippen LogP contribution in [0, 0.1) is 12.3 Å². The molecule has 0 bridgehead atoms. The predicted molar refractivity (Wildman–Crippen MR) is 166 cm³/mol. The average molecular weight is 629 g/mol. The van der Waals surface area contributed by atoms with Gasteiger partial charge in [-0.15, -0.1) is 0 Å². The molecule has 0 aromatic heterocycles.